The Morgan fingerprint density at radius 3 is 2.67 bits per heavy atom. The summed E-state index contributed by atoms with van der Waals surface area (Å²) < 4.78 is 7.24. The van der Waals surface area contributed by atoms with E-state index in [1.54, 1.807) is 43.5 Å². The third-order valence-electron chi connectivity index (χ3n) is 7.10. The van der Waals surface area contributed by atoms with Gasteiger partial charge >= 0.3 is 0 Å². The maximum atomic E-state index is 13.5. The number of pyridine rings is 1. The minimum atomic E-state index is -0.873. The third kappa shape index (κ3) is 8.31. The number of fused-ring (bicyclic) bond motifs is 2. The second-order valence-corrected chi connectivity index (χ2v) is 10.2. The summed E-state index contributed by atoms with van der Waals surface area (Å²) in [4.78, 5) is 73.8. The second-order valence-electron chi connectivity index (χ2n) is 10.2. The minimum Gasteiger partial charge on any atom is -0.492 e. The number of nitrogens with zero attached hydrogens (tertiary/aromatic N) is 3. The molecular weight excluding hydrogens is 554 g/mol. The van der Waals surface area contributed by atoms with Crippen molar-refractivity contribution in [2.24, 2.45) is 0 Å². The van der Waals surface area contributed by atoms with Gasteiger partial charge in [0.05, 0.1) is 19.4 Å². The van der Waals surface area contributed by atoms with Crippen LogP contribution in [0, 0.1) is 6.92 Å². The normalized spacial score (nSPS) is 17.4. The highest BCUT2D eigenvalue weighted by Gasteiger charge is 2.24. The molecule has 43 heavy (non-hydrogen) atoms. The average Bonchev–Trinajstić information content (AvgIpc) is 3.51. The molecule has 2 bridgehead atoms. The Morgan fingerprint density at radius 1 is 1.07 bits per heavy atom. The van der Waals surface area contributed by atoms with Gasteiger partial charge < -0.3 is 35.1 Å². The number of carbonyl (C=O) groups excluding carboxylic acids is 4. The average molecular weight is 592 g/mol. The summed E-state index contributed by atoms with van der Waals surface area (Å²) in [6, 6.07) is 8.85. The molecule has 0 fully saturated rings. The molecule has 4 amide bonds. The number of aryl methyl sites for hydroxylation is 1. The molecule has 3 heterocycles. The number of rotatable bonds is 4. The molecular formula is C30H37N7O6. The van der Waals surface area contributed by atoms with Crippen LogP contribution in [0.15, 0.2) is 53.7 Å². The predicted octanol–water partition coefficient (Wildman–Crippen LogP) is 0.788. The van der Waals surface area contributed by atoms with Crippen molar-refractivity contribution in [3.63, 3.8) is 0 Å². The van der Waals surface area contributed by atoms with Crippen molar-refractivity contribution in [2.45, 2.75) is 45.7 Å². The number of hydrogen-bond acceptors (Lipinski definition) is 7. The van der Waals surface area contributed by atoms with E-state index < -0.39 is 29.3 Å². The lowest BCUT2D eigenvalue weighted by Gasteiger charge is -2.23. The van der Waals surface area contributed by atoms with E-state index >= 15 is 0 Å². The van der Waals surface area contributed by atoms with Crippen LogP contribution in [0.2, 0.25) is 0 Å². The highest BCUT2D eigenvalue weighted by Crippen LogP contribution is 2.14. The Kier molecular flexibility index (Phi) is 10.7. The van der Waals surface area contributed by atoms with E-state index in [0.717, 1.165) is 5.69 Å². The van der Waals surface area contributed by atoms with Gasteiger partial charge in [-0.25, -0.2) is 4.98 Å². The van der Waals surface area contributed by atoms with Crippen molar-refractivity contribution in [1.82, 2.24) is 35.4 Å². The number of imidazole rings is 1. The molecule has 0 radical (unpaired) electrons. The Morgan fingerprint density at radius 2 is 1.91 bits per heavy atom. The van der Waals surface area contributed by atoms with Gasteiger partial charge in [0.2, 0.25) is 11.8 Å². The Labute approximate surface area is 249 Å². The zero-order valence-corrected chi connectivity index (χ0v) is 24.4. The molecule has 1 aromatic carbocycles. The maximum Gasteiger partial charge on any atom is 0.263 e. The summed E-state index contributed by atoms with van der Waals surface area (Å²) in [7, 11) is 0. The first-order valence-corrected chi connectivity index (χ1v) is 14.3. The lowest BCUT2D eigenvalue weighted by molar-refractivity contribution is -0.123. The Hall–Kier alpha value is -4.94. The molecule has 1 atom stereocenters. The molecule has 13 heteroatoms. The molecule has 228 valence electrons. The molecule has 0 saturated carbocycles. The van der Waals surface area contributed by atoms with Crippen molar-refractivity contribution >= 4 is 23.6 Å². The number of amides is 4. The molecule has 4 rings (SSSR count). The standard InChI is InChI=1S/C30H37N7O6/c1-3-37-20(2)9-10-24(30(37)42)29(41)36-13-5-4-11-33-28(40)25(16-22-17-31-19-34-22)35-27(39)21-7-6-8-23(15-21)43-14-12-32-26(38)18-36/h6-10,15,17,19,25H,3-5,11-14,16,18H2,1-2H3,(H,31,34)(H,32,38)(H,33,40)(H,35,39)/t25-/m0/s1. The number of ether oxygens (including phenoxy) is 1. The number of aromatic nitrogens is 3. The fraction of sp³-hybridized carbons (Fsp3) is 0.400. The highest BCUT2D eigenvalue weighted by atomic mass is 16.5. The topological polar surface area (TPSA) is 168 Å². The van der Waals surface area contributed by atoms with Crippen LogP contribution in [0.5, 0.6) is 5.75 Å². The summed E-state index contributed by atoms with van der Waals surface area (Å²) in [6.45, 7) is 4.54. The first kappa shape index (κ1) is 31.0. The van der Waals surface area contributed by atoms with Crippen LogP contribution < -0.4 is 26.2 Å². The lowest BCUT2D eigenvalue weighted by atomic mass is 10.1. The minimum absolute atomic E-state index is 0.00690. The van der Waals surface area contributed by atoms with Gasteiger partial charge in [-0.05, 0) is 57.0 Å². The van der Waals surface area contributed by atoms with Crippen LogP contribution in [0.3, 0.4) is 0 Å². The summed E-state index contributed by atoms with van der Waals surface area (Å²) >= 11 is 0. The van der Waals surface area contributed by atoms with Crippen molar-refractivity contribution in [3.05, 3.63) is 81.8 Å². The van der Waals surface area contributed by atoms with Gasteiger partial charge in [0.1, 0.15) is 24.0 Å². The molecule has 13 nitrogen and oxygen atoms in total. The van der Waals surface area contributed by atoms with Crippen molar-refractivity contribution in [3.8, 4) is 5.75 Å². The number of aromatic amines is 1. The first-order valence-electron chi connectivity index (χ1n) is 14.3. The van der Waals surface area contributed by atoms with Gasteiger partial charge in [0.25, 0.3) is 17.4 Å². The van der Waals surface area contributed by atoms with E-state index in [0.29, 0.717) is 36.4 Å². The van der Waals surface area contributed by atoms with Crippen molar-refractivity contribution in [1.29, 1.82) is 0 Å². The quantitative estimate of drug-likeness (QED) is 0.348. The SMILES string of the molecule is CCn1c(C)ccc(C(=O)N2CCCCNC(=O)[C@H](Cc3cnc[nH]3)NC(=O)c3cccc(c3)OCCNC(=O)C2)c1=O. The smallest absolute Gasteiger partial charge is 0.263 e. The van der Waals surface area contributed by atoms with Gasteiger partial charge in [-0.2, -0.15) is 0 Å². The molecule has 1 aliphatic rings. The number of nitrogens with one attached hydrogen (secondary N) is 4. The van der Waals surface area contributed by atoms with Crippen LogP contribution in [0.1, 0.15) is 51.9 Å². The fourth-order valence-corrected chi connectivity index (χ4v) is 4.79. The van der Waals surface area contributed by atoms with E-state index in [-0.39, 0.29) is 50.7 Å². The fourth-order valence-electron chi connectivity index (χ4n) is 4.79. The number of H-pyrrole nitrogens is 1. The lowest BCUT2D eigenvalue weighted by Crippen LogP contribution is -2.48. The summed E-state index contributed by atoms with van der Waals surface area (Å²) in [5, 5.41) is 8.39. The van der Waals surface area contributed by atoms with E-state index in [1.165, 1.54) is 21.9 Å². The van der Waals surface area contributed by atoms with Gasteiger partial charge in [-0.3, -0.25) is 24.0 Å². The first-order chi connectivity index (χ1) is 20.8. The zero-order valence-electron chi connectivity index (χ0n) is 24.4. The van der Waals surface area contributed by atoms with Crippen molar-refractivity contribution < 1.29 is 23.9 Å². The third-order valence-corrected chi connectivity index (χ3v) is 7.10. The van der Waals surface area contributed by atoms with Gasteiger partial charge in [0.15, 0.2) is 0 Å². The summed E-state index contributed by atoms with van der Waals surface area (Å²) in [6.07, 6.45) is 4.24. The molecule has 3 aromatic rings. The van der Waals surface area contributed by atoms with Crippen LogP contribution in [0.4, 0.5) is 0 Å². The number of benzene rings is 1. The molecule has 2 aromatic heterocycles. The Bertz CT molecular complexity index is 1500. The van der Waals surface area contributed by atoms with Crippen LogP contribution in [-0.2, 0) is 22.6 Å². The largest absolute Gasteiger partial charge is 0.492 e. The second kappa shape index (κ2) is 14.8. The highest BCUT2D eigenvalue weighted by molar-refractivity contribution is 5.98. The van der Waals surface area contributed by atoms with E-state index in [4.69, 9.17) is 4.74 Å². The summed E-state index contributed by atoms with van der Waals surface area (Å²) in [5.41, 5.74) is 1.32. The molecule has 0 saturated heterocycles. The van der Waals surface area contributed by atoms with Crippen LogP contribution >= 0.6 is 0 Å². The van der Waals surface area contributed by atoms with E-state index in [9.17, 15) is 24.0 Å². The molecule has 1 aliphatic heterocycles. The number of carbonyl (C=O) groups is 4. The number of hydrogen-bond donors (Lipinski definition) is 4. The van der Waals surface area contributed by atoms with E-state index in [1.807, 2.05) is 6.92 Å². The van der Waals surface area contributed by atoms with Crippen LogP contribution in [-0.4, -0.2) is 81.9 Å². The molecule has 4 N–H and O–H groups in total. The van der Waals surface area contributed by atoms with Gasteiger partial charge in [-0.15, -0.1) is 0 Å². The zero-order chi connectivity index (χ0) is 30.8. The predicted molar refractivity (Wildman–Crippen MR) is 158 cm³/mol. The molecule has 0 unspecified atom stereocenters. The van der Waals surface area contributed by atoms with Crippen molar-refractivity contribution in [2.75, 3.05) is 32.8 Å². The molecule has 0 spiro atoms. The van der Waals surface area contributed by atoms with E-state index in [2.05, 4.69) is 25.9 Å². The monoisotopic (exact) mass is 591 g/mol. The molecule has 0 aliphatic carbocycles. The summed E-state index contributed by atoms with van der Waals surface area (Å²) in [5.74, 6) is -1.34. The van der Waals surface area contributed by atoms with Crippen LogP contribution in [0.25, 0.3) is 0 Å². The Balaban J connectivity index is 1.52. The van der Waals surface area contributed by atoms with Gasteiger partial charge in [0, 0.05) is 49.2 Å². The van der Waals surface area contributed by atoms with Gasteiger partial charge in [-0.1, -0.05) is 6.07 Å². The maximum absolute atomic E-state index is 13.5.